The van der Waals surface area contributed by atoms with E-state index >= 15 is 0 Å². The van der Waals surface area contributed by atoms with E-state index in [2.05, 4.69) is 39.8 Å². The van der Waals surface area contributed by atoms with Crippen LogP contribution in [-0.4, -0.2) is 53.8 Å². The van der Waals surface area contributed by atoms with Crippen molar-refractivity contribution < 1.29 is 4.74 Å². The molecule has 5 nitrogen and oxygen atoms in total. The van der Waals surface area contributed by atoms with Crippen molar-refractivity contribution in [3.05, 3.63) is 11.9 Å². The van der Waals surface area contributed by atoms with Gasteiger partial charge in [0.1, 0.15) is 0 Å². The fraction of sp³-hybridized carbons (Fsp3) is 0.800. The third-order valence-electron chi connectivity index (χ3n) is 3.84. The maximum atomic E-state index is 5.18. The van der Waals surface area contributed by atoms with E-state index in [1.807, 2.05) is 6.92 Å². The Labute approximate surface area is 122 Å². The van der Waals surface area contributed by atoms with Crippen LogP contribution in [0.2, 0.25) is 0 Å². The van der Waals surface area contributed by atoms with E-state index in [0.717, 1.165) is 18.2 Å². The highest BCUT2D eigenvalue weighted by Gasteiger charge is 2.18. The molecule has 20 heavy (non-hydrogen) atoms. The van der Waals surface area contributed by atoms with Crippen molar-refractivity contribution in [2.24, 2.45) is 0 Å². The highest BCUT2D eigenvalue weighted by molar-refractivity contribution is 5.30. The first-order valence-corrected chi connectivity index (χ1v) is 7.63. The van der Waals surface area contributed by atoms with Crippen LogP contribution in [0.4, 0.5) is 5.95 Å². The van der Waals surface area contributed by atoms with Crippen molar-refractivity contribution in [1.29, 1.82) is 0 Å². The molecule has 0 amide bonds. The van der Waals surface area contributed by atoms with Crippen LogP contribution in [0.5, 0.6) is 0 Å². The number of ether oxygens (including phenoxy) is 1. The number of aromatic nitrogens is 2. The van der Waals surface area contributed by atoms with Crippen LogP contribution in [0, 0.1) is 6.92 Å². The van der Waals surface area contributed by atoms with Crippen molar-refractivity contribution in [2.75, 3.05) is 38.7 Å². The van der Waals surface area contributed by atoms with Crippen LogP contribution in [0.3, 0.4) is 0 Å². The van der Waals surface area contributed by atoms with Crippen molar-refractivity contribution in [1.82, 2.24) is 14.5 Å². The quantitative estimate of drug-likeness (QED) is 0.832. The first kappa shape index (κ1) is 15.3. The van der Waals surface area contributed by atoms with Crippen LogP contribution < -0.4 is 5.32 Å². The Morgan fingerprint density at radius 2 is 2.05 bits per heavy atom. The van der Waals surface area contributed by atoms with Crippen molar-refractivity contribution in [3.63, 3.8) is 0 Å². The minimum absolute atomic E-state index is 0.263. The van der Waals surface area contributed by atoms with Crippen molar-refractivity contribution in [2.45, 2.75) is 45.7 Å². The lowest BCUT2D eigenvalue weighted by atomic mass is 10.3. The average molecular weight is 280 g/mol. The van der Waals surface area contributed by atoms with Crippen LogP contribution in [0.25, 0.3) is 0 Å². The highest BCUT2D eigenvalue weighted by Crippen LogP contribution is 2.19. The minimum Gasteiger partial charge on any atom is -0.383 e. The molecule has 0 saturated carbocycles. The zero-order valence-electron chi connectivity index (χ0n) is 13.2. The summed E-state index contributed by atoms with van der Waals surface area (Å²) in [4.78, 5) is 7.15. The molecular formula is C15H28N4O. The summed E-state index contributed by atoms with van der Waals surface area (Å²) in [5, 5.41) is 3.45. The zero-order chi connectivity index (χ0) is 14.5. The van der Waals surface area contributed by atoms with Crippen LogP contribution in [-0.2, 0) is 4.74 Å². The van der Waals surface area contributed by atoms with Gasteiger partial charge in [-0.2, -0.15) is 0 Å². The standard InChI is InChI=1S/C15H28N4O/c1-12-9-19(14(3)10-18-7-5-6-8-18)15(16-12)17-13(2)11-20-4/h9,13-14H,5-8,10-11H2,1-4H3,(H,16,17). The van der Waals surface area contributed by atoms with Gasteiger partial charge in [0.2, 0.25) is 5.95 Å². The first-order valence-electron chi connectivity index (χ1n) is 7.63. The van der Waals surface area contributed by atoms with Crippen LogP contribution in [0.1, 0.15) is 38.4 Å². The molecule has 1 fully saturated rings. The van der Waals surface area contributed by atoms with E-state index in [4.69, 9.17) is 4.74 Å². The fourth-order valence-corrected chi connectivity index (χ4v) is 2.90. The molecule has 5 heteroatoms. The van der Waals surface area contributed by atoms with Gasteiger partial charge < -0.3 is 19.5 Å². The fourth-order valence-electron chi connectivity index (χ4n) is 2.90. The molecule has 1 saturated heterocycles. The molecule has 2 heterocycles. The Morgan fingerprint density at radius 1 is 1.35 bits per heavy atom. The lowest BCUT2D eigenvalue weighted by Crippen LogP contribution is -2.29. The van der Waals surface area contributed by atoms with Gasteiger partial charge in [-0.3, -0.25) is 0 Å². The normalized spacial score (nSPS) is 19.2. The zero-order valence-corrected chi connectivity index (χ0v) is 13.2. The molecule has 1 aromatic rings. The molecule has 1 aliphatic rings. The maximum absolute atomic E-state index is 5.18. The largest absolute Gasteiger partial charge is 0.383 e. The number of hydrogen-bond acceptors (Lipinski definition) is 4. The summed E-state index contributed by atoms with van der Waals surface area (Å²) < 4.78 is 7.45. The topological polar surface area (TPSA) is 42.3 Å². The number of methoxy groups -OCH3 is 1. The van der Waals surface area contributed by atoms with Crippen molar-refractivity contribution >= 4 is 5.95 Å². The molecule has 2 atom stereocenters. The van der Waals surface area contributed by atoms with Gasteiger partial charge in [0.05, 0.1) is 12.3 Å². The Kier molecular flexibility index (Phi) is 5.43. The number of imidazole rings is 1. The molecule has 1 N–H and O–H groups in total. The summed E-state index contributed by atoms with van der Waals surface area (Å²) in [5.41, 5.74) is 1.06. The second-order valence-electron chi connectivity index (χ2n) is 5.97. The summed E-state index contributed by atoms with van der Waals surface area (Å²) in [6.07, 6.45) is 4.82. The number of rotatable bonds is 7. The summed E-state index contributed by atoms with van der Waals surface area (Å²) in [6, 6.07) is 0.700. The number of nitrogens with zero attached hydrogens (tertiary/aromatic N) is 3. The van der Waals surface area contributed by atoms with Gasteiger partial charge in [-0.25, -0.2) is 4.98 Å². The monoisotopic (exact) mass is 280 g/mol. The molecule has 2 unspecified atom stereocenters. The lowest BCUT2D eigenvalue weighted by molar-refractivity contribution is 0.190. The first-order chi connectivity index (χ1) is 9.60. The van der Waals surface area contributed by atoms with E-state index in [1.54, 1.807) is 7.11 Å². The van der Waals surface area contributed by atoms with Gasteiger partial charge in [0.25, 0.3) is 0 Å². The third-order valence-corrected chi connectivity index (χ3v) is 3.84. The van der Waals surface area contributed by atoms with Gasteiger partial charge in [-0.05, 0) is 46.7 Å². The Morgan fingerprint density at radius 3 is 2.70 bits per heavy atom. The van der Waals surface area contributed by atoms with Gasteiger partial charge in [-0.1, -0.05) is 0 Å². The summed E-state index contributed by atoms with van der Waals surface area (Å²) >= 11 is 0. The smallest absolute Gasteiger partial charge is 0.203 e. The lowest BCUT2D eigenvalue weighted by Gasteiger charge is -2.24. The van der Waals surface area contributed by atoms with E-state index in [-0.39, 0.29) is 6.04 Å². The molecule has 0 aliphatic carbocycles. The third kappa shape index (κ3) is 3.96. The van der Waals surface area contributed by atoms with Crippen molar-refractivity contribution in [3.8, 4) is 0 Å². The average Bonchev–Trinajstić information content (AvgIpc) is 2.99. The summed E-state index contributed by atoms with van der Waals surface area (Å²) in [7, 11) is 1.73. The number of nitrogens with one attached hydrogen (secondary N) is 1. The molecule has 2 rings (SSSR count). The van der Waals surface area contributed by atoms with Gasteiger partial charge in [0.15, 0.2) is 0 Å². The van der Waals surface area contributed by atoms with E-state index < -0.39 is 0 Å². The molecule has 1 aliphatic heterocycles. The number of anilines is 1. The molecule has 0 radical (unpaired) electrons. The molecule has 0 aromatic carbocycles. The van der Waals surface area contributed by atoms with E-state index in [9.17, 15) is 0 Å². The second kappa shape index (κ2) is 7.09. The van der Waals surface area contributed by atoms with Crippen LogP contribution >= 0.6 is 0 Å². The number of aryl methyl sites for hydroxylation is 1. The van der Waals surface area contributed by atoms with Crippen LogP contribution in [0.15, 0.2) is 6.20 Å². The predicted octanol–water partition coefficient (Wildman–Crippen LogP) is 2.30. The second-order valence-corrected chi connectivity index (χ2v) is 5.97. The van der Waals surface area contributed by atoms with E-state index in [0.29, 0.717) is 12.6 Å². The van der Waals surface area contributed by atoms with Gasteiger partial charge >= 0.3 is 0 Å². The SMILES string of the molecule is COCC(C)Nc1nc(C)cn1C(C)CN1CCCC1. The Hall–Kier alpha value is -1.07. The molecule has 0 bridgehead atoms. The molecule has 114 valence electrons. The number of likely N-dealkylation sites (tertiary alicyclic amines) is 1. The predicted molar refractivity (Wildman–Crippen MR) is 82.3 cm³/mol. The minimum atomic E-state index is 0.263. The molecule has 0 spiro atoms. The molecule has 1 aromatic heterocycles. The highest BCUT2D eigenvalue weighted by atomic mass is 16.5. The Bertz CT molecular complexity index is 412. The summed E-state index contributed by atoms with van der Waals surface area (Å²) in [5.74, 6) is 0.957. The summed E-state index contributed by atoms with van der Waals surface area (Å²) in [6.45, 7) is 10.7. The maximum Gasteiger partial charge on any atom is 0.203 e. The van der Waals surface area contributed by atoms with Gasteiger partial charge in [-0.15, -0.1) is 0 Å². The molecular weight excluding hydrogens is 252 g/mol. The Balaban J connectivity index is 2.01. The van der Waals surface area contributed by atoms with Gasteiger partial charge in [0, 0.05) is 31.9 Å². The number of hydrogen-bond donors (Lipinski definition) is 1. The van der Waals surface area contributed by atoms with E-state index in [1.165, 1.54) is 25.9 Å².